The zero-order valence-corrected chi connectivity index (χ0v) is 30.6. The van der Waals surface area contributed by atoms with Crippen LogP contribution in [0.4, 0.5) is 0 Å². The lowest BCUT2D eigenvalue weighted by atomic mass is 9.79. The van der Waals surface area contributed by atoms with Crippen LogP contribution in [0.5, 0.6) is 5.75 Å². The lowest BCUT2D eigenvalue weighted by molar-refractivity contribution is 0.446. The van der Waals surface area contributed by atoms with E-state index in [1.165, 1.54) is 0 Å². The Bertz CT molecular complexity index is 2600. The van der Waals surface area contributed by atoms with Crippen LogP contribution in [-0.4, -0.2) is 19.6 Å². The predicted molar refractivity (Wildman–Crippen MR) is 217 cm³/mol. The number of aromatic nitrogens is 3. The lowest BCUT2D eigenvalue weighted by Gasteiger charge is -2.27. The zero-order chi connectivity index (χ0) is 36.2. The molecule has 0 saturated heterocycles. The summed E-state index contributed by atoms with van der Waals surface area (Å²) in [4.78, 5) is 10.3. The molecule has 0 fully saturated rings. The fraction of sp³-hybridized carbons (Fsp3) is 0.167. The molecule has 4 nitrogen and oxygen atoms in total. The number of phenolic OH excluding ortho intramolecular Hbond substituents is 1. The van der Waals surface area contributed by atoms with E-state index in [0.29, 0.717) is 5.82 Å². The molecule has 0 aliphatic carbocycles. The Hall–Kier alpha value is -6.00. The molecule has 52 heavy (non-hydrogen) atoms. The van der Waals surface area contributed by atoms with E-state index in [-0.39, 0.29) is 16.6 Å². The van der Waals surface area contributed by atoms with Crippen molar-refractivity contribution in [3.05, 3.63) is 157 Å². The second-order valence-electron chi connectivity index (χ2n) is 15.7. The van der Waals surface area contributed by atoms with Crippen LogP contribution in [0.25, 0.3) is 72.4 Å². The Kier molecular flexibility index (Phi) is 8.06. The Labute approximate surface area is 306 Å². The molecule has 0 saturated carbocycles. The number of imidazole rings is 1. The van der Waals surface area contributed by atoms with Crippen molar-refractivity contribution in [2.45, 2.75) is 52.4 Å². The third kappa shape index (κ3) is 5.84. The van der Waals surface area contributed by atoms with Gasteiger partial charge >= 0.3 is 0 Å². The number of aromatic hydroxyl groups is 1. The highest BCUT2D eigenvalue weighted by Gasteiger charge is 2.29. The first kappa shape index (κ1) is 33.2. The molecule has 2 heterocycles. The fourth-order valence-corrected chi connectivity index (χ4v) is 7.28. The Morgan fingerprint density at radius 1 is 0.558 bits per heavy atom. The maximum absolute atomic E-state index is 12.2. The zero-order valence-electron chi connectivity index (χ0n) is 30.6. The molecule has 0 unspecified atom stereocenters. The van der Waals surface area contributed by atoms with Crippen LogP contribution in [0.3, 0.4) is 0 Å². The Morgan fingerprint density at radius 2 is 1.23 bits per heavy atom. The quantitative estimate of drug-likeness (QED) is 0.197. The van der Waals surface area contributed by atoms with Crippen molar-refractivity contribution in [2.75, 3.05) is 0 Å². The third-order valence-corrected chi connectivity index (χ3v) is 10.1. The monoisotopic (exact) mass is 677 g/mol. The highest BCUT2D eigenvalue weighted by molar-refractivity contribution is 5.99. The van der Waals surface area contributed by atoms with E-state index < -0.39 is 0 Å². The van der Waals surface area contributed by atoms with Crippen LogP contribution >= 0.6 is 0 Å². The Balaban J connectivity index is 1.44. The number of benzene rings is 6. The summed E-state index contributed by atoms with van der Waals surface area (Å²) in [5, 5.41) is 14.5. The second-order valence-corrected chi connectivity index (χ2v) is 15.7. The molecule has 8 rings (SSSR count). The normalized spacial score (nSPS) is 12.1. The molecule has 256 valence electrons. The van der Waals surface area contributed by atoms with Crippen LogP contribution in [0.15, 0.2) is 146 Å². The third-order valence-electron chi connectivity index (χ3n) is 10.1. The van der Waals surface area contributed by atoms with Gasteiger partial charge in [-0.1, -0.05) is 151 Å². The summed E-state index contributed by atoms with van der Waals surface area (Å²) in [6.45, 7) is 13.1. The van der Waals surface area contributed by atoms with E-state index in [9.17, 15) is 5.11 Å². The summed E-state index contributed by atoms with van der Waals surface area (Å²) >= 11 is 0. The number of phenols is 1. The van der Waals surface area contributed by atoms with Gasteiger partial charge in [-0.05, 0) is 63.2 Å². The molecule has 8 aromatic rings. The minimum absolute atomic E-state index is 0.150. The summed E-state index contributed by atoms with van der Waals surface area (Å²) in [7, 11) is 0. The summed E-state index contributed by atoms with van der Waals surface area (Å²) in [5.74, 6) is 0.964. The van der Waals surface area contributed by atoms with Gasteiger partial charge in [0.25, 0.3) is 0 Å². The molecule has 4 heteroatoms. The largest absolute Gasteiger partial charge is 0.507 e. The molecular formula is C48H43N3O. The molecule has 0 amide bonds. The van der Waals surface area contributed by atoms with Crippen molar-refractivity contribution in [1.82, 2.24) is 14.5 Å². The number of nitrogens with zero attached hydrogens (tertiary/aromatic N) is 3. The van der Waals surface area contributed by atoms with Crippen molar-refractivity contribution < 1.29 is 5.11 Å². The van der Waals surface area contributed by atoms with E-state index in [4.69, 9.17) is 9.97 Å². The summed E-state index contributed by atoms with van der Waals surface area (Å²) in [6.07, 6.45) is 1.88. The standard InChI is InChI=1S/C48H43N3O/c1-47(2,3)35-29-39(45(52)40(30-35)48(4,5)6)46-50-44-38(33-19-14-20-34(28-33)43-37-22-11-10-18-32(37)26-27-49-43)23-15-25-42(44)51(46)41-24-13-12-21-36(41)31-16-8-7-9-17-31/h7-30,52H,1-6H3. The number of rotatable bonds is 5. The molecule has 1 N–H and O–H groups in total. The maximum Gasteiger partial charge on any atom is 0.149 e. The first-order chi connectivity index (χ1) is 25.0. The number of pyridine rings is 1. The van der Waals surface area contributed by atoms with Gasteiger partial charge in [0.1, 0.15) is 11.6 Å². The molecule has 6 aromatic carbocycles. The van der Waals surface area contributed by atoms with Gasteiger partial charge in [0.2, 0.25) is 0 Å². The van der Waals surface area contributed by atoms with Crippen LogP contribution in [0.2, 0.25) is 0 Å². The predicted octanol–water partition coefficient (Wildman–Crippen LogP) is 12.5. The van der Waals surface area contributed by atoms with Crippen LogP contribution < -0.4 is 0 Å². The summed E-state index contributed by atoms with van der Waals surface area (Å²) < 4.78 is 2.24. The summed E-state index contributed by atoms with van der Waals surface area (Å²) in [6, 6.07) is 48.7. The molecule has 0 bridgehead atoms. The first-order valence-corrected chi connectivity index (χ1v) is 18.0. The van der Waals surface area contributed by atoms with Gasteiger partial charge in [0.15, 0.2) is 0 Å². The van der Waals surface area contributed by atoms with Crippen LogP contribution in [-0.2, 0) is 10.8 Å². The molecule has 0 radical (unpaired) electrons. The van der Waals surface area contributed by atoms with E-state index in [0.717, 1.165) is 77.7 Å². The highest BCUT2D eigenvalue weighted by Crippen LogP contribution is 2.45. The lowest BCUT2D eigenvalue weighted by Crippen LogP contribution is -2.17. The fourth-order valence-electron chi connectivity index (χ4n) is 7.28. The number of para-hydroxylation sites is 2. The molecule has 0 spiro atoms. The van der Waals surface area contributed by atoms with Gasteiger partial charge < -0.3 is 5.11 Å². The van der Waals surface area contributed by atoms with Crippen molar-refractivity contribution in [3.63, 3.8) is 0 Å². The average molecular weight is 678 g/mol. The number of hydrogen-bond acceptors (Lipinski definition) is 3. The van der Waals surface area contributed by atoms with Gasteiger partial charge in [-0.2, -0.15) is 0 Å². The van der Waals surface area contributed by atoms with Crippen molar-refractivity contribution >= 4 is 21.8 Å². The van der Waals surface area contributed by atoms with Gasteiger partial charge in [-0.15, -0.1) is 0 Å². The first-order valence-electron chi connectivity index (χ1n) is 18.0. The van der Waals surface area contributed by atoms with E-state index >= 15 is 0 Å². The molecule has 0 aliphatic heterocycles. The minimum atomic E-state index is -0.292. The molecular weight excluding hydrogens is 635 g/mol. The van der Waals surface area contributed by atoms with Crippen LogP contribution in [0, 0.1) is 0 Å². The van der Waals surface area contributed by atoms with Crippen LogP contribution in [0.1, 0.15) is 52.7 Å². The van der Waals surface area contributed by atoms with Gasteiger partial charge in [0.05, 0.1) is 28.0 Å². The van der Waals surface area contributed by atoms with E-state index in [1.807, 2.05) is 12.3 Å². The van der Waals surface area contributed by atoms with E-state index in [1.54, 1.807) is 0 Å². The highest BCUT2D eigenvalue weighted by atomic mass is 16.3. The van der Waals surface area contributed by atoms with Crippen molar-refractivity contribution in [3.8, 4) is 56.3 Å². The maximum atomic E-state index is 12.2. The number of hydrogen-bond donors (Lipinski definition) is 1. The SMILES string of the molecule is CC(C)(C)c1cc(-c2nc3c(-c4cccc(-c5nccc6ccccc56)c4)cccc3n2-c2ccccc2-c2ccccc2)c(O)c(C(C)(C)C)c1. The molecule has 0 atom stereocenters. The topological polar surface area (TPSA) is 50.9 Å². The van der Waals surface area contributed by atoms with Gasteiger partial charge in [-0.3, -0.25) is 9.55 Å². The van der Waals surface area contributed by atoms with Crippen molar-refractivity contribution in [2.24, 2.45) is 0 Å². The smallest absolute Gasteiger partial charge is 0.149 e. The molecule has 0 aliphatic rings. The second kappa shape index (κ2) is 12.6. The molecule has 2 aromatic heterocycles. The minimum Gasteiger partial charge on any atom is -0.507 e. The van der Waals surface area contributed by atoms with Gasteiger partial charge in [-0.25, -0.2) is 4.98 Å². The number of fused-ring (bicyclic) bond motifs is 2. The van der Waals surface area contributed by atoms with Gasteiger partial charge in [0, 0.05) is 33.8 Å². The summed E-state index contributed by atoms with van der Waals surface area (Å²) in [5.41, 5.74) is 11.4. The van der Waals surface area contributed by atoms with E-state index in [2.05, 4.69) is 180 Å². The average Bonchev–Trinajstić information content (AvgIpc) is 3.53. The Morgan fingerprint density at radius 3 is 2.02 bits per heavy atom. The van der Waals surface area contributed by atoms with Crippen molar-refractivity contribution in [1.29, 1.82) is 0 Å².